The van der Waals surface area contributed by atoms with Crippen molar-refractivity contribution in [1.29, 1.82) is 0 Å². The molecule has 0 bridgehead atoms. The van der Waals surface area contributed by atoms with Crippen molar-refractivity contribution < 1.29 is 19.4 Å². The third-order valence-corrected chi connectivity index (χ3v) is 2.47. The summed E-state index contributed by atoms with van der Waals surface area (Å²) in [4.78, 5) is 0. The van der Waals surface area contributed by atoms with E-state index in [1.807, 2.05) is 0 Å². The first-order valence-corrected chi connectivity index (χ1v) is 6.52. The van der Waals surface area contributed by atoms with Gasteiger partial charge in [0.15, 0.2) is 0 Å². The SMILES string of the molecule is CC(C)(C)C=C(C[CH]=[W])C(C)(C)C. The summed E-state index contributed by atoms with van der Waals surface area (Å²) in [6, 6.07) is 0. The molecule has 1 heteroatoms. The van der Waals surface area contributed by atoms with Crippen molar-refractivity contribution in [3.05, 3.63) is 11.6 Å². The van der Waals surface area contributed by atoms with Gasteiger partial charge in [-0.1, -0.05) is 0 Å². The molecule has 0 aliphatic rings. The molecule has 0 aliphatic carbocycles. The Morgan fingerprint density at radius 1 is 1.08 bits per heavy atom. The fraction of sp³-hybridized carbons (Fsp3) is 0.750. The first-order chi connectivity index (χ1) is 5.67. The third-order valence-electron chi connectivity index (χ3n) is 1.87. The fourth-order valence-electron chi connectivity index (χ4n) is 1.19. The van der Waals surface area contributed by atoms with Gasteiger partial charge in [0.05, 0.1) is 0 Å². The predicted molar refractivity (Wildman–Crippen MR) is 57.7 cm³/mol. The zero-order chi connectivity index (χ0) is 10.7. The Kier molecular flexibility index (Phi) is 4.80. The van der Waals surface area contributed by atoms with Gasteiger partial charge >= 0.3 is 94.2 Å². The molecule has 0 aliphatic heterocycles. The summed E-state index contributed by atoms with van der Waals surface area (Å²) in [7, 11) is 0. The molecule has 0 saturated carbocycles. The van der Waals surface area contributed by atoms with Crippen LogP contribution in [0.1, 0.15) is 48.0 Å². The summed E-state index contributed by atoms with van der Waals surface area (Å²) >= 11 is 1.57. The van der Waals surface area contributed by atoms with E-state index in [2.05, 4.69) is 52.0 Å². The molecule has 0 atom stereocenters. The summed E-state index contributed by atoms with van der Waals surface area (Å²) < 4.78 is 2.32. The minimum atomic E-state index is 0.307. The summed E-state index contributed by atoms with van der Waals surface area (Å²) in [5.74, 6) is 0. The van der Waals surface area contributed by atoms with E-state index in [-0.39, 0.29) is 0 Å². The van der Waals surface area contributed by atoms with Crippen molar-refractivity contribution in [3.8, 4) is 0 Å². The van der Waals surface area contributed by atoms with Crippen LogP contribution in [0.15, 0.2) is 11.6 Å². The van der Waals surface area contributed by atoms with E-state index in [1.54, 1.807) is 24.9 Å². The predicted octanol–water partition coefficient (Wildman–Crippen LogP) is 3.74. The zero-order valence-electron chi connectivity index (χ0n) is 9.77. The van der Waals surface area contributed by atoms with Gasteiger partial charge in [0.2, 0.25) is 0 Å². The van der Waals surface area contributed by atoms with Crippen molar-refractivity contribution in [2.75, 3.05) is 0 Å². The molecule has 0 radical (unpaired) electrons. The van der Waals surface area contributed by atoms with Crippen LogP contribution in [0.4, 0.5) is 0 Å². The average Bonchev–Trinajstić information content (AvgIpc) is 1.81. The monoisotopic (exact) mass is 350 g/mol. The van der Waals surface area contributed by atoms with Crippen LogP contribution in [0.3, 0.4) is 0 Å². The van der Waals surface area contributed by atoms with Gasteiger partial charge < -0.3 is 0 Å². The van der Waals surface area contributed by atoms with Gasteiger partial charge in [-0.2, -0.15) is 0 Å². The van der Waals surface area contributed by atoms with Crippen molar-refractivity contribution >= 4 is 4.40 Å². The standard InChI is InChI=1S/C12H22.W/c1-8-10(12(5,6)7)9-11(2,3)4;/h1,9H,8H2,2-7H3;. The Morgan fingerprint density at radius 2 is 1.54 bits per heavy atom. The molecule has 13 heavy (non-hydrogen) atoms. The third kappa shape index (κ3) is 6.38. The molecule has 0 amide bonds. The Morgan fingerprint density at radius 3 is 1.77 bits per heavy atom. The van der Waals surface area contributed by atoms with Crippen LogP contribution in [0.25, 0.3) is 0 Å². The second kappa shape index (κ2) is 4.69. The van der Waals surface area contributed by atoms with Crippen LogP contribution in [-0.4, -0.2) is 4.40 Å². The second-order valence-corrected chi connectivity index (χ2v) is 6.85. The Bertz CT molecular complexity index is 198. The Balaban J connectivity index is 4.81. The average molecular weight is 350 g/mol. The summed E-state index contributed by atoms with van der Waals surface area (Å²) in [5.41, 5.74) is 2.19. The van der Waals surface area contributed by atoms with Gasteiger partial charge in [-0.05, 0) is 0 Å². The molecule has 0 saturated heterocycles. The van der Waals surface area contributed by atoms with Gasteiger partial charge in [0, 0.05) is 0 Å². The maximum atomic E-state index is 2.42. The fourth-order valence-corrected chi connectivity index (χ4v) is 1.84. The molecule has 76 valence electrons. The molecule has 0 aromatic carbocycles. The quantitative estimate of drug-likeness (QED) is 0.666. The van der Waals surface area contributed by atoms with E-state index in [0.29, 0.717) is 10.8 Å². The second-order valence-electron chi connectivity index (χ2n) is 5.66. The van der Waals surface area contributed by atoms with Gasteiger partial charge in [-0.15, -0.1) is 0 Å². The first kappa shape index (κ1) is 13.3. The van der Waals surface area contributed by atoms with Gasteiger partial charge in [0.1, 0.15) is 0 Å². The Hall–Kier alpha value is 0.298. The molecule has 0 spiro atoms. The van der Waals surface area contributed by atoms with E-state index >= 15 is 0 Å². The molecular formula is C12H22W. The van der Waals surface area contributed by atoms with Gasteiger partial charge in [-0.3, -0.25) is 0 Å². The van der Waals surface area contributed by atoms with Crippen molar-refractivity contribution in [2.24, 2.45) is 10.8 Å². The van der Waals surface area contributed by atoms with Gasteiger partial charge in [0.25, 0.3) is 0 Å². The first-order valence-electron chi connectivity index (χ1n) is 4.82. The molecule has 0 unspecified atom stereocenters. The van der Waals surface area contributed by atoms with Crippen molar-refractivity contribution in [1.82, 2.24) is 0 Å². The van der Waals surface area contributed by atoms with Crippen molar-refractivity contribution in [3.63, 3.8) is 0 Å². The molecule has 0 N–H and O–H groups in total. The zero-order valence-corrected chi connectivity index (χ0v) is 12.7. The number of hydrogen-bond acceptors (Lipinski definition) is 0. The summed E-state index contributed by atoms with van der Waals surface area (Å²) in [6.07, 6.45) is 3.57. The van der Waals surface area contributed by atoms with E-state index < -0.39 is 0 Å². The van der Waals surface area contributed by atoms with E-state index in [9.17, 15) is 0 Å². The van der Waals surface area contributed by atoms with E-state index in [1.165, 1.54) is 0 Å². The number of hydrogen-bond donors (Lipinski definition) is 0. The van der Waals surface area contributed by atoms with E-state index in [4.69, 9.17) is 0 Å². The molecule has 0 aromatic heterocycles. The molecule has 0 aromatic rings. The molecular weight excluding hydrogens is 328 g/mol. The van der Waals surface area contributed by atoms with Crippen LogP contribution in [-0.2, 0) is 19.4 Å². The minimum absolute atomic E-state index is 0.307. The normalized spacial score (nSPS) is 14.5. The van der Waals surface area contributed by atoms with Crippen LogP contribution in [0.5, 0.6) is 0 Å². The van der Waals surface area contributed by atoms with Gasteiger partial charge in [-0.25, -0.2) is 0 Å². The molecule has 0 rings (SSSR count). The summed E-state index contributed by atoms with van der Waals surface area (Å²) in [5, 5.41) is 0. The van der Waals surface area contributed by atoms with E-state index in [0.717, 1.165) is 6.42 Å². The van der Waals surface area contributed by atoms with Crippen molar-refractivity contribution in [2.45, 2.75) is 48.0 Å². The summed E-state index contributed by atoms with van der Waals surface area (Å²) in [6.45, 7) is 13.7. The molecule has 0 nitrogen and oxygen atoms in total. The molecule has 0 heterocycles. The van der Waals surface area contributed by atoms with Crippen LogP contribution in [0, 0.1) is 10.8 Å². The van der Waals surface area contributed by atoms with Crippen LogP contribution >= 0.6 is 0 Å². The topological polar surface area (TPSA) is 0 Å². The van der Waals surface area contributed by atoms with Crippen LogP contribution in [0.2, 0.25) is 0 Å². The Labute approximate surface area is 94.2 Å². The molecule has 0 fully saturated rings. The maximum absolute atomic E-state index is 2.42. The number of allylic oxidation sites excluding steroid dienone is 2. The number of rotatable bonds is 2. The van der Waals surface area contributed by atoms with Crippen LogP contribution < -0.4 is 0 Å².